The summed E-state index contributed by atoms with van der Waals surface area (Å²) in [5.41, 5.74) is 0. The van der Waals surface area contributed by atoms with Gasteiger partial charge in [-0.3, -0.25) is 4.79 Å². The minimum absolute atomic E-state index is 0.283. The Bertz CT molecular complexity index is 198. The quantitative estimate of drug-likeness (QED) is 0.538. The standard InChI is InChI=1S/C13H27NO3.C3H8/c1-3-5-6-9-17-10-7-8-12(13(15)16)11-14-4-2;1-3-2/h12,14H,3-11H2,1-2H3,(H,15,16);3H2,1-2H3. The average Bonchev–Trinajstić information content (AvgIpc) is 2.41. The average molecular weight is 289 g/mol. The molecule has 0 aliphatic rings. The van der Waals surface area contributed by atoms with Crippen LogP contribution >= 0.6 is 0 Å². The van der Waals surface area contributed by atoms with Gasteiger partial charge in [-0.25, -0.2) is 0 Å². The largest absolute Gasteiger partial charge is 0.481 e. The summed E-state index contributed by atoms with van der Waals surface area (Å²) < 4.78 is 5.46. The van der Waals surface area contributed by atoms with E-state index in [-0.39, 0.29) is 5.92 Å². The van der Waals surface area contributed by atoms with Gasteiger partial charge in [0.1, 0.15) is 0 Å². The maximum absolute atomic E-state index is 10.9. The van der Waals surface area contributed by atoms with Gasteiger partial charge in [-0.15, -0.1) is 0 Å². The van der Waals surface area contributed by atoms with Gasteiger partial charge < -0.3 is 15.2 Å². The molecular formula is C16H35NO3. The lowest BCUT2D eigenvalue weighted by Gasteiger charge is -2.12. The highest BCUT2D eigenvalue weighted by Gasteiger charge is 2.15. The van der Waals surface area contributed by atoms with E-state index in [0.717, 1.165) is 26.0 Å². The molecule has 0 aromatic carbocycles. The maximum Gasteiger partial charge on any atom is 0.307 e. The Morgan fingerprint density at radius 2 is 1.70 bits per heavy atom. The van der Waals surface area contributed by atoms with E-state index in [1.165, 1.54) is 19.3 Å². The summed E-state index contributed by atoms with van der Waals surface area (Å²) in [4.78, 5) is 10.9. The number of aliphatic carboxylic acids is 1. The van der Waals surface area contributed by atoms with Crippen LogP contribution in [0, 0.1) is 5.92 Å². The first kappa shape index (κ1) is 21.7. The van der Waals surface area contributed by atoms with Crippen LogP contribution in [0.5, 0.6) is 0 Å². The fraction of sp³-hybridized carbons (Fsp3) is 0.938. The van der Waals surface area contributed by atoms with Gasteiger partial charge in [-0.1, -0.05) is 47.0 Å². The molecule has 0 aliphatic heterocycles. The highest BCUT2D eigenvalue weighted by atomic mass is 16.5. The van der Waals surface area contributed by atoms with E-state index in [4.69, 9.17) is 9.84 Å². The van der Waals surface area contributed by atoms with Crippen molar-refractivity contribution in [1.82, 2.24) is 5.32 Å². The van der Waals surface area contributed by atoms with Gasteiger partial charge in [0.2, 0.25) is 0 Å². The normalized spacial score (nSPS) is 11.6. The summed E-state index contributed by atoms with van der Waals surface area (Å²) in [6.45, 7) is 11.3. The van der Waals surface area contributed by atoms with Crippen molar-refractivity contribution in [2.24, 2.45) is 5.92 Å². The molecule has 2 N–H and O–H groups in total. The lowest BCUT2D eigenvalue weighted by Crippen LogP contribution is -2.28. The second kappa shape index (κ2) is 18.4. The molecule has 122 valence electrons. The first-order valence-corrected chi connectivity index (χ1v) is 8.15. The van der Waals surface area contributed by atoms with Crippen molar-refractivity contribution < 1.29 is 14.6 Å². The van der Waals surface area contributed by atoms with Crippen LogP contribution in [-0.4, -0.2) is 37.4 Å². The number of nitrogens with one attached hydrogen (secondary N) is 1. The van der Waals surface area contributed by atoms with Crippen molar-refractivity contribution in [3.8, 4) is 0 Å². The minimum atomic E-state index is -0.711. The third-order valence-electron chi connectivity index (χ3n) is 2.72. The van der Waals surface area contributed by atoms with Crippen LogP contribution in [0.4, 0.5) is 0 Å². The molecule has 1 unspecified atom stereocenters. The SMILES string of the molecule is CCC.CCCCCOCCCC(CNCC)C(=O)O. The topological polar surface area (TPSA) is 58.6 Å². The molecule has 0 aromatic heterocycles. The molecule has 0 heterocycles. The smallest absolute Gasteiger partial charge is 0.307 e. The zero-order valence-corrected chi connectivity index (χ0v) is 13.9. The Balaban J connectivity index is 0. The fourth-order valence-electron chi connectivity index (χ4n) is 1.62. The zero-order valence-electron chi connectivity index (χ0n) is 13.9. The lowest BCUT2D eigenvalue weighted by molar-refractivity contribution is -0.141. The number of hydrogen-bond acceptors (Lipinski definition) is 3. The summed E-state index contributed by atoms with van der Waals surface area (Å²) in [7, 11) is 0. The molecule has 0 spiro atoms. The van der Waals surface area contributed by atoms with Crippen molar-refractivity contribution in [3.63, 3.8) is 0 Å². The zero-order chi connectivity index (χ0) is 15.6. The molecule has 0 bridgehead atoms. The van der Waals surface area contributed by atoms with E-state index in [2.05, 4.69) is 26.1 Å². The number of carboxylic acids is 1. The van der Waals surface area contributed by atoms with Crippen molar-refractivity contribution in [3.05, 3.63) is 0 Å². The Labute approximate surface area is 125 Å². The van der Waals surface area contributed by atoms with E-state index in [1.54, 1.807) is 0 Å². The number of carbonyl (C=O) groups is 1. The first-order chi connectivity index (χ1) is 9.63. The number of hydrogen-bond donors (Lipinski definition) is 2. The molecule has 1 atom stereocenters. The Morgan fingerprint density at radius 1 is 1.10 bits per heavy atom. The van der Waals surface area contributed by atoms with Crippen LogP contribution < -0.4 is 5.32 Å². The van der Waals surface area contributed by atoms with Crippen LogP contribution in [0.3, 0.4) is 0 Å². The molecule has 0 rings (SSSR count). The van der Waals surface area contributed by atoms with Crippen molar-refractivity contribution in [2.45, 2.75) is 66.2 Å². The summed E-state index contributed by atoms with van der Waals surface area (Å²) in [5, 5.41) is 12.1. The molecule has 4 heteroatoms. The highest BCUT2D eigenvalue weighted by molar-refractivity contribution is 5.70. The molecule has 0 aromatic rings. The van der Waals surface area contributed by atoms with Gasteiger partial charge in [0.05, 0.1) is 5.92 Å². The van der Waals surface area contributed by atoms with E-state index >= 15 is 0 Å². The number of carboxylic acid groups (broad SMARTS) is 1. The molecule has 0 saturated carbocycles. The second-order valence-electron chi connectivity index (χ2n) is 5.01. The molecule has 4 nitrogen and oxygen atoms in total. The predicted molar refractivity (Wildman–Crippen MR) is 85.2 cm³/mol. The molecule has 0 amide bonds. The minimum Gasteiger partial charge on any atom is -0.481 e. The summed E-state index contributed by atoms with van der Waals surface area (Å²) in [5.74, 6) is -0.994. The van der Waals surface area contributed by atoms with Crippen LogP contribution in [-0.2, 0) is 9.53 Å². The Hall–Kier alpha value is -0.610. The molecule has 0 saturated heterocycles. The molecule has 0 radical (unpaired) electrons. The van der Waals surface area contributed by atoms with Gasteiger partial charge >= 0.3 is 5.97 Å². The fourth-order valence-corrected chi connectivity index (χ4v) is 1.62. The van der Waals surface area contributed by atoms with Gasteiger partial charge in [0.15, 0.2) is 0 Å². The third kappa shape index (κ3) is 17.4. The molecule has 0 aliphatic carbocycles. The molecule has 20 heavy (non-hydrogen) atoms. The summed E-state index contributed by atoms with van der Waals surface area (Å²) in [6, 6.07) is 0. The predicted octanol–water partition coefficient (Wildman–Crippen LogP) is 3.70. The van der Waals surface area contributed by atoms with Crippen LogP contribution in [0.15, 0.2) is 0 Å². The first-order valence-electron chi connectivity index (χ1n) is 8.15. The van der Waals surface area contributed by atoms with E-state index in [0.29, 0.717) is 19.6 Å². The van der Waals surface area contributed by atoms with Gasteiger partial charge in [-0.2, -0.15) is 0 Å². The molecule has 0 fully saturated rings. The summed E-state index contributed by atoms with van der Waals surface area (Å²) in [6.07, 6.45) is 6.28. The van der Waals surface area contributed by atoms with Crippen molar-refractivity contribution >= 4 is 5.97 Å². The highest BCUT2D eigenvalue weighted by Crippen LogP contribution is 2.06. The number of ether oxygens (including phenoxy) is 1. The lowest BCUT2D eigenvalue weighted by atomic mass is 10.0. The Morgan fingerprint density at radius 3 is 2.20 bits per heavy atom. The van der Waals surface area contributed by atoms with E-state index in [1.807, 2.05) is 6.92 Å². The van der Waals surface area contributed by atoms with Crippen LogP contribution in [0.1, 0.15) is 66.2 Å². The van der Waals surface area contributed by atoms with Crippen LogP contribution in [0.2, 0.25) is 0 Å². The third-order valence-corrected chi connectivity index (χ3v) is 2.72. The summed E-state index contributed by atoms with van der Waals surface area (Å²) >= 11 is 0. The Kier molecular flexibility index (Phi) is 19.9. The number of rotatable bonds is 12. The van der Waals surface area contributed by atoms with E-state index < -0.39 is 5.97 Å². The van der Waals surface area contributed by atoms with Crippen molar-refractivity contribution in [2.75, 3.05) is 26.3 Å². The van der Waals surface area contributed by atoms with Gasteiger partial charge in [0.25, 0.3) is 0 Å². The van der Waals surface area contributed by atoms with E-state index in [9.17, 15) is 4.79 Å². The number of unbranched alkanes of at least 4 members (excludes halogenated alkanes) is 2. The van der Waals surface area contributed by atoms with Gasteiger partial charge in [0, 0.05) is 19.8 Å². The van der Waals surface area contributed by atoms with Gasteiger partial charge in [-0.05, 0) is 25.8 Å². The second-order valence-corrected chi connectivity index (χ2v) is 5.01. The maximum atomic E-state index is 10.9. The van der Waals surface area contributed by atoms with Crippen molar-refractivity contribution in [1.29, 1.82) is 0 Å². The van der Waals surface area contributed by atoms with Crippen LogP contribution in [0.25, 0.3) is 0 Å². The molecular weight excluding hydrogens is 254 g/mol. The monoisotopic (exact) mass is 289 g/mol.